The molecule has 13 heavy (non-hydrogen) atoms. The van der Waals surface area contributed by atoms with Crippen LogP contribution in [0.5, 0.6) is 5.88 Å². The SMILES string of the molecule is CNc1nc(OC(=O)O)ccc1C. The molecule has 0 fully saturated rings. The Morgan fingerprint density at radius 1 is 1.62 bits per heavy atom. The zero-order valence-electron chi connectivity index (χ0n) is 7.37. The van der Waals surface area contributed by atoms with Crippen molar-refractivity contribution in [2.45, 2.75) is 6.92 Å². The van der Waals surface area contributed by atoms with Crippen molar-refractivity contribution in [3.63, 3.8) is 0 Å². The summed E-state index contributed by atoms with van der Waals surface area (Å²) in [7, 11) is 1.71. The standard InChI is InChI=1S/C8H10N2O3/c1-5-3-4-6(13-8(11)12)10-7(5)9-2/h3-4H,1-2H3,(H,9,10)(H,11,12). The molecule has 0 bridgehead atoms. The van der Waals surface area contributed by atoms with Gasteiger partial charge in [-0.1, -0.05) is 6.07 Å². The van der Waals surface area contributed by atoms with Gasteiger partial charge in [-0.05, 0) is 12.5 Å². The smallest absolute Gasteiger partial charge is 0.449 e. The van der Waals surface area contributed by atoms with Crippen LogP contribution in [0.4, 0.5) is 10.6 Å². The highest BCUT2D eigenvalue weighted by atomic mass is 16.7. The van der Waals surface area contributed by atoms with Gasteiger partial charge in [-0.2, -0.15) is 4.98 Å². The monoisotopic (exact) mass is 182 g/mol. The van der Waals surface area contributed by atoms with Crippen LogP contribution in [0.1, 0.15) is 5.56 Å². The molecule has 0 unspecified atom stereocenters. The van der Waals surface area contributed by atoms with E-state index in [1.165, 1.54) is 6.07 Å². The van der Waals surface area contributed by atoms with Crippen molar-refractivity contribution in [2.24, 2.45) is 0 Å². The van der Waals surface area contributed by atoms with E-state index in [4.69, 9.17) is 5.11 Å². The van der Waals surface area contributed by atoms with Gasteiger partial charge < -0.3 is 15.2 Å². The summed E-state index contributed by atoms with van der Waals surface area (Å²) in [6.07, 6.45) is -1.36. The Labute approximate surface area is 75.4 Å². The number of ether oxygens (including phenoxy) is 1. The van der Waals surface area contributed by atoms with Gasteiger partial charge in [-0.25, -0.2) is 4.79 Å². The minimum absolute atomic E-state index is 0.0717. The molecule has 0 aromatic carbocycles. The number of nitrogens with zero attached hydrogens (tertiary/aromatic N) is 1. The van der Waals surface area contributed by atoms with Gasteiger partial charge in [0.05, 0.1) is 0 Å². The second-order valence-corrected chi connectivity index (χ2v) is 2.43. The fourth-order valence-corrected chi connectivity index (χ4v) is 0.910. The molecular weight excluding hydrogens is 172 g/mol. The average Bonchev–Trinajstić information content (AvgIpc) is 2.07. The molecule has 0 amide bonds. The first kappa shape index (κ1) is 9.31. The van der Waals surface area contributed by atoms with Crippen LogP contribution in [0.3, 0.4) is 0 Å². The van der Waals surface area contributed by atoms with Crippen molar-refractivity contribution in [1.82, 2.24) is 4.98 Å². The van der Waals surface area contributed by atoms with Crippen LogP contribution >= 0.6 is 0 Å². The molecule has 0 aliphatic carbocycles. The molecule has 0 atom stereocenters. The first-order chi connectivity index (χ1) is 6.13. The summed E-state index contributed by atoms with van der Waals surface area (Å²) in [6.45, 7) is 1.86. The zero-order valence-corrected chi connectivity index (χ0v) is 7.37. The zero-order chi connectivity index (χ0) is 9.84. The number of pyridine rings is 1. The molecule has 0 spiro atoms. The molecule has 1 aromatic heterocycles. The Kier molecular flexibility index (Phi) is 2.69. The molecule has 0 radical (unpaired) electrons. The van der Waals surface area contributed by atoms with Gasteiger partial charge in [0, 0.05) is 13.1 Å². The number of carboxylic acid groups (broad SMARTS) is 1. The van der Waals surface area contributed by atoms with Crippen molar-refractivity contribution in [1.29, 1.82) is 0 Å². The Morgan fingerprint density at radius 2 is 2.31 bits per heavy atom. The molecule has 5 nitrogen and oxygen atoms in total. The predicted octanol–water partition coefficient (Wildman–Crippen LogP) is 1.49. The number of aromatic nitrogens is 1. The first-order valence-corrected chi connectivity index (χ1v) is 3.69. The molecule has 1 rings (SSSR count). The highest BCUT2D eigenvalue weighted by Gasteiger charge is 2.04. The van der Waals surface area contributed by atoms with Gasteiger partial charge in [-0.3, -0.25) is 0 Å². The van der Waals surface area contributed by atoms with Crippen LogP contribution in [-0.2, 0) is 0 Å². The van der Waals surface area contributed by atoms with E-state index in [1.807, 2.05) is 6.92 Å². The Balaban J connectivity index is 2.92. The fraction of sp³-hybridized carbons (Fsp3) is 0.250. The van der Waals surface area contributed by atoms with Crippen molar-refractivity contribution < 1.29 is 14.6 Å². The van der Waals surface area contributed by atoms with E-state index in [9.17, 15) is 4.79 Å². The van der Waals surface area contributed by atoms with E-state index in [-0.39, 0.29) is 5.88 Å². The molecule has 2 N–H and O–H groups in total. The number of rotatable bonds is 2. The maximum Gasteiger partial charge on any atom is 0.512 e. The van der Waals surface area contributed by atoms with Crippen LogP contribution in [-0.4, -0.2) is 23.3 Å². The fourth-order valence-electron chi connectivity index (χ4n) is 0.910. The summed E-state index contributed by atoms with van der Waals surface area (Å²) in [4.78, 5) is 14.1. The molecule has 0 saturated carbocycles. The molecule has 70 valence electrons. The van der Waals surface area contributed by atoms with E-state index in [2.05, 4.69) is 15.0 Å². The molecule has 0 aliphatic heterocycles. The van der Waals surface area contributed by atoms with Crippen LogP contribution in [0.2, 0.25) is 0 Å². The lowest BCUT2D eigenvalue weighted by Crippen LogP contribution is -2.06. The maximum absolute atomic E-state index is 10.2. The lowest BCUT2D eigenvalue weighted by atomic mass is 10.3. The van der Waals surface area contributed by atoms with E-state index in [0.29, 0.717) is 5.82 Å². The van der Waals surface area contributed by atoms with Crippen molar-refractivity contribution in [2.75, 3.05) is 12.4 Å². The minimum atomic E-state index is -1.36. The maximum atomic E-state index is 10.2. The van der Waals surface area contributed by atoms with E-state index < -0.39 is 6.16 Å². The third-order valence-corrected chi connectivity index (χ3v) is 1.50. The average molecular weight is 182 g/mol. The molecular formula is C8H10N2O3. The van der Waals surface area contributed by atoms with Crippen LogP contribution < -0.4 is 10.1 Å². The number of carbonyl (C=O) groups is 1. The summed E-state index contributed by atoms with van der Waals surface area (Å²) >= 11 is 0. The summed E-state index contributed by atoms with van der Waals surface area (Å²) in [5.41, 5.74) is 0.931. The van der Waals surface area contributed by atoms with Crippen molar-refractivity contribution in [3.8, 4) is 5.88 Å². The largest absolute Gasteiger partial charge is 0.512 e. The van der Waals surface area contributed by atoms with E-state index in [1.54, 1.807) is 13.1 Å². The third-order valence-electron chi connectivity index (χ3n) is 1.50. The van der Waals surface area contributed by atoms with Crippen LogP contribution in [0.25, 0.3) is 0 Å². The number of aryl methyl sites for hydroxylation is 1. The number of hydrogen-bond donors (Lipinski definition) is 2. The van der Waals surface area contributed by atoms with Gasteiger partial charge in [0.25, 0.3) is 0 Å². The summed E-state index contributed by atoms with van der Waals surface area (Å²) in [5.74, 6) is 0.682. The quantitative estimate of drug-likeness (QED) is 0.678. The van der Waals surface area contributed by atoms with Crippen molar-refractivity contribution in [3.05, 3.63) is 17.7 Å². The summed E-state index contributed by atoms with van der Waals surface area (Å²) < 4.78 is 4.38. The second kappa shape index (κ2) is 3.75. The predicted molar refractivity (Wildman–Crippen MR) is 47.2 cm³/mol. The Bertz CT molecular complexity index is 325. The van der Waals surface area contributed by atoms with Crippen molar-refractivity contribution >= 4 is 12.0 Å². The lowest BCUT2D eigenvalue weighted by molar-refractivity contribution is 0.142. The van der Waals surface area contributed by atoms with E-state index in [0.717, 1.165) is 5.56 Å². The summed E-state index contributed by atoms with van der Waals surface area (Å²) in [6, 6.07) is 3.24. The normalized spacial score (nSPS) is 9.38. The van der Waals surface area contributed by atoms with Gasteiger partial charge in [0.2, 0.25) is 5.88 Å². The minimum Gasteiger partial charge on any atom is -0.449 e. The number of hydrogen-bond acceptors (Lipinski definition) is 4. The van der Waals surface area contributed by atoms with Crippen LogP contribution in [0, 0.1) is 6.92 Å². The topological polar surface area (TPSA) is 71.5 Å². The second-order valence-electron chi connectivity index (χ2n) is 2.43. The first-order valence-electron chi connectivity index (χ1n) is 3.69. The van der Waals surface area contributed by atoms with Gasteiger partial charge in [0.15, 0.2) is 0 Å². The van der Waals surface area contributed by atoms with Gasteiger partial charge >= 0.3 is 6.16 Å². The molecule has 1 heterocycles. The van der Waals surface area contributed by atoms with Gasteiger partial charge in [-0.15, -0.1) is 0 Å². The summed E-state index contributed by atoms with van der Waals surface area (Å²) in [5, 5.41) is 11.1. The molecule has 1 aromatic rings. The molecule has 5 heteroatoms. The van der Waals surface area contributed by atoms with Gasteiger partial charge in [0.1, 0.15) is 5.82 Å². The number of anilines is 1. The number of nitrogens with one attached hydrogen (secondary N) is 1. The third kappa shape index (κ3) is 2.33. The molecule has 0 aliphatic rings. The lowest BCUT2D eigenvalue weighted by Gasteiger charge is -2.05. The Morgan fingerprint density at radius 3 is 2.85 bits per heavy atom. The highest BCUT2D eigenvalue weighted by Crippen LogP contribution is 2.15. The Hall–Kier alpha value is -1.78. The highest BCUT2D eigenvalue weighted by molar-refractivity contribution is 5.61. The van der Waals surface area contributed by atoms with Crippen LogP contribution in [0.15, 0.2) is 12.1 Å². The van der Waals surface area contributed by atoms with E-state index >= 15 is 0 Å². The molecule has 0 saturated heterocycles.